The van der Waals surface area contributed by atoms with Gasteiger partial charge in [-0.05, 0) is 26.2 Å². The van der Waals surface area contributed by atoms with Crippen molar-refractivity contribution in [2.45, 2.75) is 10.3 Å². The Kier molecular flexibility index (Phi) is 2.47. The quantitative estimate of drug-likeness (QED) is 0.776. The van der Waals surface area contributed by atoms with Gasteiger partial charge in [-0.1, -0.05) is 23.9 Å². The molecule has 0 fully saturated rings. The summed E-state index contributed by atoms with van der Waals surface area (Å²) in [5.74, 6) is 0. The van der Waals surface area contributed by atoms with Gasteiger partial charge in [0.2, 0.25) is 0 Å². The standard InChI is InChI=1S/C10H14N2S/c1-12(2)7-10-11-8-5-3-4-6-9(8)13-10/h3-6,10-11H,7H2,1-2H3. The van der Waals surface area contributed by atoms with Crippen LogP contribution in [-0.2, 0) is 0 Å². The lowest BCUT2D eigenvalue weighted by atomic mass is 10.3. The molecule has 3 heteroatoms. The minimum absolute atomic E-state index is 0.507. The second-order valence-corrected chi connectivity index (χ2v) is 4.75. The van der Waals surface area contributed by atoms with Gasteiger partial charge in [-0.3, -0.25) is 0 Å². The largest absolute Gasteiger partial charge is 0.371 e. The lowest BCUT2D eigenvalue weighted by molar-refractivity contribution is 0.417. The molecule has 1 unspecified atom stereocenters. The summed E-state index contributed by atoms with van der Waals surface area (Å²) in [5, 5.41) is 3.99. The van der Waals surface area contributed by atoms with E-state index in [1.165, 1.54) is 10.6 Å². The summed E-state index contributed by atoms with van der Waals surface area (Å²) in [6, 6.07) is 8.47. The van der Waals surface area contributed by atoms with E-state index >= 15 is 0 Å². The lowest BCUT2D eigenvalue weighted by Gasteiger charge is -2.15. The van der Waals surface area contributed by atoms with Crippen LogP contribution in [-0.4, -0.2) is 30.9 Å². The lowest BCUT2D eigenvalue weighted by Crippen LogP contribution is -2.26. The molecule has 0 aliphatic carbocycles. The highest BCUT2D eigenvalue weighted by Gasteiger charge is 2.20. The number of anilines is 1. The zero-order chi connectivity index (χ0) is 9.26. The van der Waals surface area contributed by atoms with Crippen molar-refractivity contribution >= 4 is 17.4 Å². The first-order chi connectivity index (χ1) is 6.25. The topological polar surface area (TPSA) is 15.3 Å². The van der Waals surface area contributed by atoms with Crippen molar-refractivity contribution in [3.8, 4) is 0 Å². The van der Waals surface area contributed by atoms with E-state index in [0.717, 1.165) is 6.54 Å². The van der Waals surface area contributed by atoms with Gasteiger partial charge < -0.3 is 10.2 Å². The Balaban J connectivity index is 2.05. The van der Waals surface area contributed by atoms with Crippen molar-refractivity contribution in [2.24, 2.45) is 0 Å². The summed E-state index contributed by atoms with van der Waals surface area (Å²) in [4.78, 5) is 3.57. The number of fused-ring (bicyclic) bond motifs is 1. The Morgan fingerprint density at radius 3 is 2.85 bits per heavy atom. The summed E-state index contributed by atoms with van der Waals surface area (Å²) >= 11 is 1.91. The van der Waals surface area contributed by atoms with Crippen LogP contribution in [0.25, 0.3) is 0 Å². The highest BCUT2D eigenvalue weighted by Crippen LogP contribution is 2.37. The number of rotatable bonds is 2. The van der Waals surface area contributed by atoms with Crippen LogP contribution in [0.1, 0.15) is 0 Å². The van der Waals surface area contributed by atoms with Gasteiger partial charge >= 0.3 is 0 Å². The second-order valence-electron chi connectivity index (χ2n) is 3.51. The molecule has 0 saturated heterocycles. The molecular weight excluding hydrogens is 180 g/mol. The van der Waals surface area contributed by atoms with Gasteiger partial charge in [-0.15, -0.1) is 0 Å². The molecule has 2 rings (SSSR count). The molecule has 1 heterocycles. The number of para-hydroxylation sites is 1. The van der Waals surface area contributed by atoms with Gasteiger partial charge in [0, 0.05) is 17.1 Å². The van der Waals surface area contributed by atoms with Crippen LogP contribution in [0.3, 0.4) is 0 Å². The fraction of sp³-hybridized carbons (Fsp3) is 0.400. The molecule has 0 bridgehead atoms. The average molecular weight is 194 g/mol. The molecule has 0 radical (unpaired) electrons. The molecule has 1 atom stereocenters. The number of thioether (sulfide) groups is 1. The zero-order valence-electron chi connectivity index (χ0n) is 7.95. The number of nitrogens with zero attached hydrogens (tertiary/aromatic N) is 1. The molecule has 2 nitrogen and oxygen atoms in total. The maximum atomic E-state index is 3.49. The van der Waals surface area contributed by atoms with E-state index in [1.807, 2.05) is 11.8 Å². The van der Waals surface area contributed by atoms with E-state index in [0.29, 0.717) is 5.37 Å². The van der Waals surface area contributed by atoms with Crippen molar-refractivity contribution in [2.75, 3.05) is 26.0 Å². The highest BCUT2D eigenvalue weighted by atomic mass is 32.2. The molecule has 0 amide bonds. The number of nitrogens with one attached hydrogen (secondary N) is 1. The van der Waals surface area contributed by atoms with Crippen LogP contribution >= 0.6 is 11.8 Å². The first-order valence-electron chi connectivity index (χ1n) is 4.42. The molecule has 0 spiro atoms. The minimum Gasteiger partial charge on any atom is -0.371 e. The van der Waals surface area contributed by atoms with Gasteiger partial charge in [0.25, 0.3) is 0 Å². The normalized spacial score (nSPS) is 20.1. The molecule has 1 aromatic rings. The van der Waals surface area contributed by atoms with Crippen molar-refractivity contribution in [1.82, 2.24) is 4.90 Å². The van der Waals surface area contributed by atoms with Crippen molar-refractivity contribution in [3.05, 3.63) is 24.3 Å². The number of likely N-dealkylation sites (N-methyl/N-ethyl adjacent to an activating group) is 1. The Bertz CT molecular complexity index is 274. The van der Waals surface area contributed by atoms with Crippen molar-refractivity contribution in [1.29, 1.82) is 0 Å². The number of hydrogen-bond acceptors (Lipinski definition) is 3. The number of hydrogen-bond donors (Lipinski definition) is 1. The Morgan fingerprint density at radius 1 is 1.38 bits per heavy atom. The minimum atomic E-state index is 0.507. The maximum absolute atomic E-state index is 3.49. The van der Waals surface area contributed by atoms with Crippen molar-refractivity contribution in [3.63, 3.8) is 0 Å². The first kappa shape index (κ1) is 8.91. The number of benzene rings is 1. The molecule has 70 valence electrons. The first-order valence-corrected chi connectivity index (χ1v) is 5.30. The molecule has 1 aliphatic rings. The molecule has 1 aromatic carbocycles. The predicted octanol–water partition coefficient (Wildman–Crippen LogP) is 2.09. The Morgan fingerprint density at radius 2 is 2.15 bits per heavy atom. The summed E-state index contributed by atoms with van der Waals surface area (Å²) in [7, 11) is 4.20. The maximum Gasteiger partial charge on any atom is 0.0897 e. The van der Waals surface area contributed by atoms with Gasteiger partial charge in [-0.2, -0.15) is 0 Å². The van der Waals surface area contributed by atoms with Crippen LogP contribution < -0.4 is 5.32 Å². The summed E-state index contributed by atoms with van der Waals surface area (Å²) in [6.45, 7) is 1.07. The van der Waals surface area contributed by atoms with Crippen molar-refractivity contribution < 1.29 is 0 Å². The van der Waals surface area contributed by atoms with E-state index in [-0.39, 0.29) is 0 Å². The average Bonchev–Trinajstić information content (AvgIpc) is 2.44. The van der Waals surface area contributed by atoms with E-state index in [9.17, 15) is 0 Å². The second kappa shape index (κ2) is 3.60. The summed E-state index contributed by atoms with van der Waals surface area (Å²) < 4.78 is 0. The third-order valence-corrected chi connectivity index (χ3v) is 3.17. The van der Waals surface area contributed by atoms with E-state index in [1.54, 1.807) is 0 Å². The van der Waals surface area contributed by atoms with Crippen LogP contribution in [0.4, 0.5) is 5.69 Å². The predicted molar refractivity (Wildman–Crippen MR) is 58.3 cm³/mol. The fourth-order valence-electron chi connectivity index (χ4n) is 1.46. The van der Waals surface area contributed by atoms with Crippen LogP contribution in [0.15, 0.2) is 29.2 Å². The zero-order valence-corrected chi connectivity index (χ0v) is 8.77. The molecule has 1 N–H and O–H groups in total. The molecule has 13 heavy (non-hydrogen) atoms. The van der Waals surface area contributed by atoms with Crippen LogP contribution in [0.2, 0.25) is 0 Å². The third kappa shape index (κ3) is 1.98. The monoisotopic (exact) mass is 194 g/mol. The molecule has 1 aliphatic heterocycles. The summed E-state index contributed by atoms with van der Waals surface area (Å²) in [6.07, 6.45) is 0. The van der Waals surface area contributed by atoms with Crippen LogP contribution in [0.5, 0.6) is 0 Å². The van der Waals surface area contributed by atoms with Gasteiger partial charge in [0.15, 0.2) is 0 Å². The fourth-order valence-corrected chi connectivity index (χ4v) is 2.74. The van der Waals surface area contributed by atoms with E-state index < -0.39 is 0 Å². The van der Waals surface area contributed by atoms with E-state index in [4.69, 9.17) is 0 Å². The third-order valence-electron chi connectivity index (χ3n) is 2.00. The van der Waals surface area contributed by atoms with Gasteiger partial charge in [-0.25, -0.2) is 0 Å². The highest BCUT2D eigenvalue weighted by molar-refractivity contribution is 8.00. The molecule has 0 aromatic heterocycles. The SMILES string of the molecule is CN(C)CC1Nc2ccccc2S1. The van der Waals surface area contributed by atoms with Gasteiger partial charge in [0.1, 0.15) is 0 Å². The molecule has 0 saturated carbocycles. The Hall–Kier alpha value is -0.670. The molecular formula is C10H14N2S. The van der Waals surface area contributed by atoms with E-state index in [2.05, 4.69) is 48.6 Å². The smallest absolute Gasteiger partial charge is 0.0897 e. The summed E-state index contributed by atoms with van der Waals surface area (Å²) in [5.41, 5.74) is 1.28. The van der Waals surface area contributed by atoms with Gasteiger partial charge in [0.05, 0.1) is 5.37 Å². The van der Waals surface area contributed by atoms with Crippen LogP contribution in [0, 0.1) is 0 Å². The Labute approximate surface area is 83.3 Å².